The Bertz CT molecular complexity index is 157. The zero-order valence-electron chi connectivity index (χ0n) is 5.87. The zero-order valence-corrected chi connectivity index (χ0v) is 8.50. The van der Waals surface area contributed by atoms with Crippen molar-refractivity contribution in [2.75, 3.05) is 5.75 Å². The molecule has 0 amide bonds. The van der Waals surface area contributed by atoms with Gasteiger partial charge in [-0.3, -0.25) is 4.57 Å². The smallest absolute Gasteiger partial charge is 0.243 e. The summed E-state index contributed by atoms with van der Waals surface area (Å²) in [6, 6.07) is 0. The average Bonchev–Trinajstić information content (AvgIpc) is 1.89. The number of isothiocyanates is 1. The molecule has 0 saturated carbocycles. The summed E-state index contributed by atoms with van der Waals surface area (Å²) in [4.78, 5) is 8.25. The molecule has 11 heavy (non-hydrogen) atoms. The van der Waals surface area contributed by atoms with Crippen molar-refractivity contribution in [1.82, 2.24) is 0 Å². The van der Waals surface area contributed by atoms with E-state index >= 15 is 0 Å². The molecule has 0 aliphatic heterocycles. The maximum Gasteiger partial charge on any atom is 0.243 e. The van der Waals surface area contributed by atoms with Gasteiger partial charge in [0.25, 0.3) is 0 Å². The fourth-order valence-electron chi connectivity index (χ4n) is 0.230. The maximum atomic E-state index is 9.99. The topological polar surface area (TPSA) is 61.1 Å². The molecule has 0 aliphatic carbocycles. The van der Waals surface area contributed by atoms with E-state index in [4.69, 9.17) is 10.3 Å². The molecule has 1 atom stereocenters. The first-order valence-corrected chi connectivity index (χ1v) is 6.17. The summed E-state index contributed by atoms with van der Waals surface area (Å²) in [6.07, 6.45) is 2.54. The Hall–Kier alpha value is 0.0800. The molecular weight excluding hydrogens is 201 g/mol. The van der Waals surface area contributed by atoms with Crippen molar-refractivity contribution in [2.45, 2.75) is 6.42 Å². The van der Waals surface area contributed by atoms with Gasteiger partial charge in [0.1, 0.15) is 0 Å². The van der Waals surface area contributed by atoms with Crippen LogP contribution in [0.15, 0.2) is 12.7 Å². The van der Waals surface area contributed by atoms with Gasteiger partial charge in [-0.25, -0.2) is 5.41 Å². The summed E-state index contributed by atoms with van der Waals surface area (Å²) in [6.45, 7) is 3.47. The van der Waals surface area contributed by atoms with Crippen molar-refractivity contribution >= 4 is 36.0 Å². The van der Waals surface area contributed by atoms with Crippen LogP contribution in [0.25, 0.3) is 0 Å². The van der Waals surface area contributed by atoms with Crippen LogP contribution in [0.2, 0.25) is 0 Å². The molecule has 0 saturated heterocycles. The third-order valence-electron chi connectivity index (χ3n) is 0.548. The van der Waals surface area contributed by atoms with Crippen LogP contribution in [0, 0.1) is 5.41 Å². The minimum absolute atomic E-state index is 0.706. The molecule has 0 rings (SSSR count). The number of hydrogen-bond acceptors (Lipinski definition) is 4. The lowest BCUT2D eigenvalue weighted by atomic mass is 10.5. The molecule has 0 radical (unpaired) electrons. The molecule has 6 heteroatoms. The molecule has 64 valence electrons. The number of allylic oxidation sites excluding steroid dienone is 1. The molecule has 0 heterocycles. The predicted octanol–water partition coefficient (Wildman–Crippen LogP) is 2.35. The second-order valence-corrected chi connectivity index (χ2v) is 4.64. The van der Waals surface area contributed by atoms with Crippen molar-refractivity contribution in [3.05, 3.63) is 12.7 Å². The molecule has 1 unspecified atom stereocenters. The van der Waals surface area contributed by atoms with Gasteiger partial charge in [0.05, 0.1) is 5.16 Å². The van der Waals surface area contributed by atoms with Crippen LogP contribution in [-0.2, 0) is 4.57 Å². The van der Waals surface area contributed by atoms with Gasteiger partial charge in [0, 0.05) is 5.75 Å². The summed E-state index contributed by atoms with van der Waals surface area (Å²) in [7, 11) is -2.29. The normalized spacial score (nSPS) is 10.3. The quantitative estimate of drug-likeness (QED) is 0.246. The fraction of sp³-hybridized carbons (Fsp3) is 0.400. The Morgan fingerprint density at radius 2 is 2.36 bits per heavy atom. The van der Waals surface area contributed by atoms with Crippen LogP contribution in [0.5, 0.6) is 0 Å². The second kappa shape index (κ2) is 12.7. The summed E-state index contributed by atoms with van der Waals surface area (Å²) in [5, 5.41) is 7.36. The van der Waals surface area contributed by atoms with Crippen molar-refractivity contribution in [1.29, 1.82) is 5.41 Å². The van der Waals surface area contributed by atoms with Gasteiger partial charge < -0.3 is 4.89 Å². The van der Waals surface area contributed by atoms with Crippen LogP contribution >= 0.6 is 30.8 Å². The van der Waals surface area contributed by atoms with Crippen LogP contribution in [0.3, 0.4) is 0 Å². The molecule has 0 aromatic carbocycles. The largest absolute Gasteiger partial charge is 0.339 e. The number of hydrogen-bond donors (Lipinski definition) is 2. The number of rotatable bonds is 4. The summed E-state index contributed by atoms with van der Waals surface area (Å²) < 4.78 is 9.99. The molecule has 3 nitrogen and oxygen atoms in total. The summed E-state index contributed by atoms with van der Waals surface area (Å²) in [5.41, 5.74) is 0. The average molecular weight is 211 g/mol. The van der Waals surface area contributed by atoms with Gasteiger partial charge in [-0.05, 0) is 18.6 Å². The molecule has 2 N–H and O–H groups in total. The van der Waals surface area contributed by atoms with Crippen LogP contribution < -0.4 is 0 Å². The molecule has 0 spiro atoms. The highest BCUT2D eigenvalue weighted by Crippen LogP contribution is 2.32. The van der Waals surface area contributed by atoms with Crippen LogP contribution in [-0.4, -0.2) is 15.8 Å². The lowest BCUT2D eigenvalue weighted by molar-refractivity contribution is 0.519. The third kappa shape index (κ3) is 25.5. The Kier molecular flexibility index (Phi) is 15.8. The first-order valence-electron chi connectivity index (χ1n) is 2.69. The maximum absolute atomic E-state index is 9.99. The highest BCUT2D eigenvalue weighted by molar-refractivity contribution is 8.50. The highest BCUT2D eigenvalue weighted by atomic mass is 32.7. The predicted molar refractivity (Wildman–Crippen MR) is 53.8 cm³/mol. The van der Waals surface area contributed by atoms with Crippen molar-refractivity contribution in [3.63, 3.8) is 0 Å². The first kappa shape index (κ1) is 13.7. The Labute approximate surface area is 76.0 Å². The van der Waals surface area contributed by atoms with Crippen LogP contribution in [0.1, 0.15) is 6.42 Å². The summed E-state index contributed by atoms with van der Waals surface area (Å²) >= 11 is 4.90. The van der Waals surface area contributed by atoms with Gasteiger partial charge in [-0.1, -0.05) is 17.5 Å². The summed E-state index contributed by atoms with van der Waals surface area (Å²) in [5.74, 6) is 0.706. The fourth-order valence-corrected chi connectivity index (χ4v) is 1.57. The molecule has 0 aliphatic rings. The van der Waals surface area contributed by atoms with Gasteiger partial charge >= 0.3 is 0 Å². The highest BCUT2D eigenvalue weighted by Gasteiger charge is 1.88. The Morgan fingerprint density at radius 1 is 1.91 bits per heavy atom. The molecule has 0 bridgehead atoms. The monoisotopic (exact) mass is 211 g/mol. The number of nitrogens with one attached hydrogen (secondary N) is 1. The first-order chi connectivity index (χ1) is 5.18. The van der Waals surface area contributed by atoms with Crippen molar-refractivity contribution in [3.8, 4) is 0 Å². The lowest BCUT2D eigenvalue weighted by Crippen LogP contribution is -1.67. The SMILES string of the molecule is C=CCCS[PH](=O)O.N=C=S. The number of thiocarbonyl (C=S) groups is 1. The van der Waals surface area contributed by atoms with Crippen LogP contribution in [0.4, 0.5) is 0 Å². The Balaban J connectivity index is 0. The van der Waals surface area contributed by atoms with Gasteiger partial charge in [0.15, 0.2) is 0 Å². The van der Waals surface area contributed by atoms with E-state index in [1.165, 1.54) is 0 Å². The molecule has 0 fully saturated rings. The minimum Gasteiger partial charge on any atom is -0.339 e. The van der Waals surface area contributed by atoms with E-state index in [1.54, 1.807) is 11.2 Å². The van der Waals surface area contributed by atoms with Gasteiger partial charge in [-0.15, -0.1) is 6.58 Å². The minimum atomic E-state index is -2.29. The van der Waals surface area contributed by atoms with Gasteiger partial charge in [-0.2, -0.15) is 0 Å². The van der Waals surface area contributed by atoms with E-state index in [1.807, 2.05) is 0 Å². The van der Waals surface area contributed by atoms with E-state index in [-0.39, 0.29) is 0 Å². The molecular formula is C5H10NO2PS2. The van der Waals surface area contributed by atoms with Crippen molar-refractivity contribution in [2.24, 2.45) is 0 Å². The van der Waals surface area contributed by atoms with E-state index in [9.17, 15) is 4.57 Å². The van der Waals surface area contributed by atoms with E-state index < -0.39 is 7.23 Å². The van der Waals surface area contributed by atoms with Gasteiger partial charge in [0.2, 0.25) is 7.23 Å². The lowest BCUT2D eigenvalue weighted by Gasteiger charge is -1.88. The van der Waals surface area contributed by atoms with E-state index in [0.29, 0.717) is 5.75 Å². The van der Waals surface area contributed by atoms with E-state index in [2.05, 4.69) is 18.8 Å². The Morgan fingerprint density at radius 3 is 2.64 bits per heavy atom. The zero-order chi connectivity index (χ0) is 9.11. The van der Waals surface area contributed by atoms with Crippen molar-refractivity contribution < 1.29 is 9.46 Å². The third-order valence-corrected chi connectivity index (χ3v) is 2.59. The molecule has 0 aromatic rings. The van der Waals surface area contributed by atoms with E-state index in [0.717, 1.165) is 17.8 Å². The standard InChI is InChI=1S/C4H9O2PS.CHNS/c1-2-3-4-8-7(5)6;2-1-3/h2,7H,1,3-4H2,(H,5,6);2H. The second-order valence-electron chi connectivity index (χ2n) is 1.29. The molecule has 0 aromatic heterocycles.